The van der Waals surface area contributed by atoms with Gasteiger partial charge in [-0.25, -0.2) is 4.98 Å². The Kier molecular flexibility index (Phi) is 6.30. The number of rotatable bonds is 5. The van der Waals surface area contributed by atoms with Gasteiger partial charge in [-0.05, 0) is 59.2 Å². The molecule has 9 heteroatoms. The summed E-state index contributed by atoms with van der Waals surface area (Å²) in [5, 5.41) is 7.82. The molecule has 0 aliphatic carbocycles. The summed E-state index contributed by atoms with van der Waals surface area (Å²) in [6.45, 7) is 13.5. The van der Waals surface area contributed by atoms with Crippen LogP contribution < -0.4 is 10.2 Å². The fourth-order valence-corrected chi connectivity index (χ4v) is 5.27. The standard InChI is InChI=1S/C23H29N5O3S/c1-12-7-18(8-13(2)25-12)21-19(9-24-22(29)20-16(5)27-31-17(20)6)26-23(32-21)28-10-14(3)30-15(4)11-28/h7-8,14-15H,9-11H2,1-6H3,(H,24,29)/t14-,15+. The lowest BCUT2D eigenvalue weighted by atomic mass is 10.1. The van der Waals surface area contributed by atoms with Gasteiger partial charge in [-0.15, -0.1) is 0 Å². The van der Waals surface area contributed by atoms with Crippen molar-refractivity contribution in [2.45, 2.75) is 60.3 Å². The Balaban J connectivity index is 1.66. The largest absolute Gasteiger partial charge is 0.372 e. The van der Waals surface area contributed by atoms with Crippen molar-refractivity contribution < 1.29 is 14.1 Å². The van der Waals surface area contributed by atoms with E-state index in [4.69, 9.17) is 14.2 Å². The Bertz CT molecular complexity index is 1090. The molecule has 1 fully saturated rings. The summed E-state index contributed by atoms with van der Waals surface area (Å²) in [7, 11) is 0. The van der Waals surface area contributed by atoms with Crippen molar-refractivity contribution in [3.05, 3.63) is 46.2 Å². The molecule has 0 saturated carbocycles. The number of hydrogen-bond donors (Lipinski definition) is 1. The van der Waals surface area contributed by atoms with Gasteiger partial charge in [0.2, 0.25) is 0 Å². The highest BCUT2D eigenvalue weighted by atomic mass is 32.1. The highest BCUT2D eigenvalue weighted by Gasteiger charge is 2.26. The van der Waals surface area contributed by atoms with Crippen LogP contribution in [0.5, 0.6) is 0 Å². The van der Waals surface area contributed by atoms with Crippen molar-refractivity contribution in [3.8, 4) is 10.4 Å². The second kappa shape index (κ2) is 8.99. The minimum atomic E-state index is -0.211. The Hall–Kier alpha value is -2.78. The Morgan fingerprint density at radius 1 is 1.12 bits per heavy atom. The molecule has 1 amide bonds. The average Bonchev–Trinajstić information content (AvgIpc) is 3.28. The van der Waals surface area contributed by atoms with Gasteiger partial charge in [-0.1, -0.05) is 16.5 Å². The lowest BCUT2D eigenvalue weighted by Crippen LogP contribution is -2.45. The molecule has 4 heterocycles. The second-order valence-electron chi connectivity index (χ2n) is 8.45. The first-order chi connectivity index (χ1) is 15.2. The molecule has 2 atom stereocenters. The first kappa shape index (κ1) is 22.4. The Morgan fingerprint density at radius 3 is 2.38 bits per heavy atom. The summed E-state index contributed by atoms with van der Waals surface area (Å²) < 4.78 is 11.0. The maximum atomic E-state index is 12.8. The summed E-state index contributed by atoms with van der Waals surface area (Å²) in [5.41, 5.74) is 4.87. The Morgan fingerprint density at radius 2 is 1.78 bits per heavy atom. The lowest BCUT2D eigenvalue weighted by Gasteiger charge is -2.35. The van der Waals surface area contributed by atoms with E-state index in [9.17, 15) is 4.79 Å². The molecule has 170 valence electrons. The first-order valence-electron chi connectivity index (χ1n) is 10.8. The van der Waals surface area contributed by atoms with Crippen LogP contribution in [-0.4, -0.2) is 46.3 Å². The van der Waals surface area contributed by atoms with Gasteiger partial charge in [0.05, 0.1) is 35.0 Å². The van der Waals surface area contributed by atoms with Gasteiger partial charge in [0, 0.05) is 24.5 Å². The van der Waals surface area contributed by atoms with Crippen LogP contribution in [0.3, 0.4) is 0 Å². The SMILES string of the molecule is Cc1cc(-c2sc(N3C[C@@H](C)O[C@@H](C)C3)nc2CNC(=O)c2c(C)noc2C)cc(C)n1. The molecular weight excluding hydrogens is 426 g/mol. The third kappa shape index (κ3) is 4.68. The number of aromatic nitrogens is 3. The van der Waals surface area contributed by atoms with E-state index in [0.29, 0.717) is 23.6 Å². The van der Waals surface area contributed by atoms with Crippen LogP contribution in [0.4, 0.5) is 5.13 Å². The fourth-order valence-electron chi connectivity index (χ4n) is 4.18. The number of carbonyl (C=O) groups excluding carboxylic acids is 1. The molecule has 3 aromatic rings. The molecule has 1 aliphatic heterocycles. The molecule has 0 bridgehead atoms. The smallest absolute Gasteiger partial charge is 0.257 e. The van der Waals surface area contributed by atoms with E-state index in [-0.39, 0.29) is 18.1 Å². The zero-order chi connectivity index (χ0) is 23.0. The predicted molar refractivity (Wildman–Crippen MR) is 124 cm³/mol. The van der Waals surface area contributed by atoms with Crippen LogP contribution in [0.25, 0.3) is 10.4 Å². The number of aryl methyl sites for hydroxylation is 4. The molecule has 0 spiro atoms. The number of nitrogens with zero attached hydrogens (tertiary/aromatic N) is 4. The van der Waals surface area contributed by atoms with E-state index in [2.05, 4.69) is 46.3 Å². The molecule has 0 radical (unpaired) electrons. The van der Waals surface area contributed by atoms with Gasteiger partial charge < -0.3 is 19.5 Å². The van der Waals surface area contributed by atoms with Crippen molar-refractivity contribution >= 4 is 22.4 Å². The van der Waals surface area contributed by atoms with Gasteiger partial charge in [0.15, 0.2) is 5.13 Å². The number of thiazole rings is 1. The van der Waals surface area contributed by atoms with E-state index in [1.54, 1.807) is 25.2 Å². The molecule has 0 aromatic carbocycles. The summed E-state index contributed by atoms with van der Waals surface area (Å²) in [6, 6.07) is 4.13. The monoisotopic (exact) mass is 455 g/mol. The number of morpholine rings is 1. The number of nitrogens with one attached hydrogen (secondary N) is 1. The Labute approximate surface area is 192 Å². The first-order valence-corrected chi connectivity index (χ1v) is 11.6. The van der Waals surface area contributed by atoms with E-state index >= 15 is 0 Å². The third-order valence-corrected chi connectivity index (χ3v) is 6.60. The summed E-state index contributed by atoms with van der Waals surface area (Å²) in [6.07, 6.45) is 0.276. The van der Waals surface area contributed by atoms with Gasteiger partial charge in [-0.2, -0.15) is 0 Å². The van der Waals surface area contributed by atoms with E-state index < -0.39 is 0 Å². The molecule has 32 heavy (non-hydrogen) atoms. The van der Waals surface area contributed by atoms with Crippen molar-refractivity contribution in [2.24, 2.45) is 0 Å². The van der Waals surface area contributed by atoms with E-state index in [1.807, 2.05) is 13.8 Å². The van der Waals surface area contributed by atoms with E-state index in [1.165, 1.54) is 0 Å². The minimum absolute atomic E-state index is 0.138. The molecule has 3 aromatic heterocycles. The van der Waals surface area contributed by atoms with Crippen LogP contribution >= 0.6 is 11.3 Å². The zero-order valence-corrected chi connectivity index (χ0v) is 20.2. The molecular formula is C23H29N5O3S. The normalized spacial score (nSPS) is 18.8. The van der Waals surface area contributed by atoms with Crippen molar-refractivity contribution in [1.82, 2.24) is 20.4 Å². The quantitative estimate of drug-likeness (QED) is 0.622. The van der Waals surface area contributed by atoms with Crippen LogP contribution in [0.2, 0.25) is 0 Å². The fraction of sp³-hybridized carbons (Fsp3) is 0.478. The molecule has 0 unspecified atom stereocenters. The summed E-state index contributed by atoms with van der Waals surface area (Å²) in [4.78, 5) is 25.6. The minimum Gasteiger partial charge on any atom is -0.372 e. The molecule has 1 N–H and O–H groups in total. The number of ether oxygens (including phenoxy) is 1. The van der Waals surface area contributed by atoms with Gasteiger partial charge in [0.25, 0.3) is 5.91 Å². The second-order valence-corrected chi connectivity index (χ2v) is 9.43. The average molecular weight is 456 g/mol. The van der Waals surface area contributed by atoms with Gasteiger partial charge >= 0.3 is 0 Å². The van der Waals surface area contributed by atoms with E-state index in [0.717, 1.165) is 45.7 Å². The highest BCUT2D eigenvalue weighted by molar-refractivity contribution is 7.19. The zero-order valence-electron chi connectivity index (χ0n) is 19.4. The van der Waals surface area contributed by atoms with Crippen molar-refractivity contribution in [1.29, 1.82) is 0 Å². The number of pyridine rings is 1. The lowest BCUT2D eigenvalue weighted by molar-refractivity contribution is -0.00523. The van der Waals surface area contributed by atoms with Crippen LogP contribution in [0, 0.1) is 27.7 Å². The molecule has 4 rings (SSSR count). The summed E-state index contributed by atoms with van der Waals surface area (Å²) >= 11 is 1.65. The number of amides is 1. The number of hydrogen-bond acceptors (Lipinski definition) is 8. The molecule has 1 saturated heterocycles. The highest BCUT2D eigenvalue weighted by Crippen LogP contribution is 2.36. The van der Waals surface area contributed by atoms with Crippen molar-refractivity contribution in [3.63, 3.8) is 0 Å². The third-order valence-electron chi connectivity index (χ3n) is 5.40. The van der Waals surface area contributed by atoms with Crippen molar-refractivity contribution in [2.75, 3.05) is 18.0 Å². The number of carbonyl (C=O) groups is 1. The molecule has 8 nitrogen and oxygen atoms in total. The number of anilines is 1. The van der Waals surface area contributed by atoms with Crippen LogP contribution in [0.1, 0.15) is 52.7 Å². The molecule has 1 aliphatic rings. The van der Waals surface area contributed by atoms with Gasteiger partial charge in [0.1, 0.15) is 11.3 Å². The topological polar surface area (TPSA) is 93.4 Å². The maximum Gasteiger partial charge on any atom is 0.257 e. The predicted octanol–water partition coefficient (Wildman–Crippen LogP) is 3.97. The summed E-state index contributed by atoms with van der Waals surface area (Å²) in [5.74, 6) is 0.299. The van der Waals surface area contributed by atoms with Gasteiger partial charge in [-0.3, -0.25) is 9.78 Å². The van der Waals surface area contributed by atoms with Crippen LogP contribution in [0.15, 0.2) is 16.7 Å². The maximum absolute atomic E-state index is 12.8. The van der Waals surface area contributed by atoms with Crippen LogP contribution in [-0.2, 0) is 11.3 Å².